The van der Waals surface area contributed by atoms with Crippen LogP contribution in [0, 0.1) is 6.92 Å². The fourth-order valence-corrected chi connectivity index (χ4v) is 1.81. The Kier molecular flexibility index (Phi) is 2.52. The van der Waals surface area contributed by atoms with Crippen LogP contribution in [0.1, 0.15) is 16.2 Å². The Morgan fingerprint density at radius 2 is 1.94 bits per heavy atom. The molecule has 16 heavy (non-hydrogen) atoms. The Morgan fingerprint density at radius 1 is 1.25 bits per heavy atom. The summed E-state index contributed by atoms with van der Waals surface area (Å²) >= 11 is 0. The number of aromatic hydroxyl groups is 1. The molecule has 3 nitrogen and oxygen atoms in total. The Balaban J connectivity index is 2.69. The number of phenolic OH excluding ortho intramolecular Hbond substituents is 1. The third kappa shape index (κ3) is 1.50. The molecule has 0 fully saturated rings. The molecule has 1 aromatic heterocycles. The minimum Gasteiger partial charge on any atom is -0.507 e. The van der Waals surface area contributed by atoms with E-state index >= 15 is 0 Å². The second kappa shape index (κ2) is 3.85. The lowest BCUT2D eigenvalue weighted by molar-refractivity contribution is 0.111. The van der Waals surface area contributed by atoms with Crippen molar-refractivity contribution in [3.05, 3.63) is 41.7 Å². The number of carbonyl (C=O) groups is 1. The van der Waals surface area contributed by atoms with Crippen LogP contribution >= 0.6 is 0 Å². The molecule has 1 heterocycles. The summed E-state index contributed by atoms with van der Waals surface area (Å²) in [6.07, 6.45) is 0.814. The van der Waals surface area contributed by atoms with E-state index < -0.39 is 0 Å². The van der Waals surface area contributed by atoms with Gasteiger partial charge >= 0.3 is 0 Å². The van der Waals surface area contributed by atoms with Crippen molar-refractivity contribution >= 4 is 6.29 Å². The number of aromatic nitrogens is 1. The van der Waals surface area contributed by atoms with E-state index in [1.54, 1.807) is 18.2 Å². The van der Waals surface area contributed by atoms with Crippen LogP contribution in [0.25, 0.3) is 11.1 Å². The van der Waals surface area contributed by atoms with Crippen LogP contribution < -0.4 is 0 Å². The summed E-state index contributed by atoms with van der Waals surface area (Å²) in [7, 11) is 1.84. The largest absolute Gasteiger partial charge is 0.507 e. The van der Waals surface area contributed by atoms with Crippen molar-refractivity contribution in [2.45, 2.75) is 6.92 Å². The summed E-state index contributed by atoms with van der Waals surface area (Å²) in [5.74, 6) is 0.191. The van der Waals surface area contributed by atoms with E-state index in [-0.39, 0.29) is 5.75 Å². The summed E-state index contributed by atoms with van der Waals surface area (Å²) in [5.41, 5.74) is 3.03. The monoisotopic (exact) mass is 215 g/mol. The Hall–Kier alpha value is -2.03. The first kappa shape index (κ1) is 10.5. The zero-order valence-electron chi connectivity index (χ0n) is 9.27. The van der Waals surface area contributed by atoms with E-state index in [1.807, 2.05) is 30.7 Å². The zero-order chi connectivity index (χ0) is 11.7. The van der Waals surface area contributed by atoms with Gasteiger partial charge in [0.1, 0.15) is 5.75 Å². The average Bonchev–Trinajstić information content (AvgIpc) is 2.56. The topological polar surface area (TPSA) is 42.2 Å². The molecule has 0 amide bonds. The molecule has 2 rings (SSSR count). The van der Waals surface area contributed by atoms with Gasteiger partial charge in [0.25, 0.3) is 0 Å². The highest BCUT2D eigenvalue weighted by molar-refractivity contribution is 5.88. The van der Waals surface area contributed by atoms with Gasteiger partial charge in [-0.3, -0.25) is 4.79 Å². The second-order valence-corrected chi connectivity index (χ2v) is 3.78. The second-order valence-electron chi connectivity index (χ2n) is 3.78. The van der Waals surface area contributed by atoms with Crippen LogP contribution in [-0.4, -0.2) is 16.0 Å². The molecule has 0 unspecified atom stereocenters. The molecule has 0 bridgehead atoms. The van der Waals surface area contributed by atoms with E-state index in [0.29, 0.717) is 11.3 Å². The molecule has 0 saturated carbocycles. The van der Waals surface area contributed by atoms with Gasteiger partial charge in [-0.15, -0.1) is 0 Å². The fourth-order valence-electron chi connectivity index (χ4n) is 1.81. The van der Waals surface area contributed by atoms with E-state index in [1.165, 1.54) is 0 Å². The van der Waals surface area contributed by atoms with Crippen molar-refractivity contribution in [2.24, 2.45) is 7.05 Å². The van der Waals surface area contributed by atoms with Gasteiger partial charge < -0.3 is 9.67 Å². The quantitative estimate of drug-likeness (QED) is 0.782. The van der Waals surface area contributed by atoms with Crippen molar-refractivity contribution in [3.8, 4) is 16.9 Å². The third-order valence-corrected chi connectivity index (χ3v) is 2.83. The molecule has 0 aliphatic rings. The number of phenols is 1. The van der Waals surface area contributed by atoms with Crippen LogP contribution in [0.15, 0.2) is 30.3 Å². The van der Waals surface area contributed by atoms with E-state index in [2.05, 4.69) is 0 Å². The van der Waals surface area contributed by atoms with Gasteiger partial charge in [0, 0.05) is 23.9 Å². The molecule has 0 saturated heterocycles. The van der Waals surface area contributed by atoms with Gasteiger partial charge in [-0.2, -0.15) is 0 Å². The lowest BCUT2D eigenvalue weighted by atomic mass is 10.1. The number of rotatable bonds is 2. The number of nitrogens with zero attached hydrogens (tertiary/aromatic N) is 1. The first-order valence-corrected chi connectivity index (χ1v) is 5.05. The number of hydrogen-bond acceptors (Lipinski definition) is 2. The maximum Gasteiger partial charge on any atom is 0.167 e. The fraction of sp³-hybridized carbons (Fsp3) is 0.154. The molecule has 82 valence electrons. The number of aldehydes is 1. The predicted molar refractivity (Wildman–Crippen MR) is 62.6 cm³/mol. The highest BCUT2D eigenvalue weighted by atomic mass is 16.3. The predicted octanol–water partition coefficient (Wildman–Crippen LogP) is 2.52. The maximum absolute atomic E-state index is 11.0. The van der Waals surface area contributed by atoms with Crippen molar-refractivity contribution < 1.29 is 9.90 Å². The highest BCUT2D eigenvalue weighted by Gasteiger charge is 2.13. The summed E-state index contributed by atoms with van der Waals surface area (Å²) < 4.78 is 1.81. The standard InChI is InChI=1S/C13H13NO2/c1-9-7-11(12(8-15)14(9)2)10-5-3-4-6-13(10)16/h3-8,16H,1-2H3. The molecule has 0 spiro atoms. The highest BCUT2D eigenvalue weighted by Crippen LogP contribution is 2.32. The summed E-state index contributed by atoms with van der Waals surface area (Å²) in [5, 5.41) is 9.76. The third-order valence-electron chi connectivity index (χ3n) is 2.83. The lowest BCUT2D eigenvalue weighted by Gasteiger charge is -2.03. The molecule has 1 N–H and O–H groups in total. The van der Waals surface area contributed by atoms with E-state index in [4.69, 9.17) is 0 Å². The van der Waals surface area contributed by atoms with Gasteiger partial charge in [-0.05, 0) is 19.1 Å². The van der Waals surface area contributed by atoms with E-state index in [9.17, 15) is 9.90 Å². The number of para-hydroxylation sites is 1. The van der Waals surface area contributed by atoms with Crippen molar-refractivity contribution in [1.82, 2.24) is 4.57 Å². The average molecular weight is 215 g/mol. The van der Waals surface area contributed by atoms with Gasteiger partial charge in [-0.1, -0.05) is 18.2 Å². The normalized spacial score (nSPS) is 10.4. The van der Waals surface area contributed by atoms with Gasteiger partial charge in [0.2, 0.25) is 0 Å². The molecule has 2 aromatic rings. The van der Waals surface area contributed by atoms with E-state index in [0.717, 1.165) is 17.5 Å². The van der Waals surface area contributed by atoms with Crippen molar-refractivity contribution in [3.63, 3.8) is 0 Å². The number of carbonyl (C=O) groups excluding carboxylic acids is 1. The molecular formula is C13H13NO2. The van der Waals surface area contributed by atoms with Crippen LogP contribution in [0.4, 0.5) is 0 Å². The lowest BCUT2D eigenvalue weighted by Crippen LogP contribution is -1.97. The van der Waals surface area contributed by atoms with Crippen LogP contribution in [0.3, 0.4) is 0 Å². The van der Waals surface area contributed by atoms with Crippen LogP contribution in [0.2, 0.25) is 0 Å². The minimum atomic E-state index is 0.191. The van der Waals surface area contributed by atoms with Crippen molar-refractivity contribution in [2.75, 3.05) is 0 Å². The van der Waals surface area contributed by atoms with Gasteiger partial charge in [0.15, 0.2) is 6.29 Å². The number of aryl methyl sites for hydroxylation is 1. The minimum absolute atomic E-state index is 0.191. The van der Waals surface area contributed by atoms with Gasteiger partial charge in [0.05, 0.1) is 5.69 Å². The summed E-state index contributed by atoms with van der Waals surface area (Å²) in [4.78, 5) is 11.0. The molecule has 0 atom stereocenters. The first-order valence-electron chi connectivity index (χ1n) is 5.05. The Labute approximate surface area is 94.0 Å². The molecular weight excluding hydrogens is 202 g/mol. The molecule has 0 aliphatic heterocycles. The van der Waals surface area contributed by atoms with Crippen LogP contribution in [-0.2, 0) is 7.05 Å². The molecule has 3 heteroatoms. The maximum atomic E-state index is 11.0. The van der Waals surface area contributed by atoms with Crippen LogP contribution in [0.5, 0.6) is 5.75 Å². The first-order chi connectivity index (χ1) is 7.65. The SMILES string of the molecule is Cc1cc(-c2ccccc2O)c(C=O)n1C. The smallest absolute Gasteiger partial charge is 0.167 e. The number of hydrogen-bond donors (Lipinski definition) is 1. The zero-order valence-corrected chi connectivity index (χ0v) is 9.27. The molecule has 0 radical (unpaired) electrons. The summed E-state index contributed by atoms with van der Waals surface area (Å²) in [6, 6.07) is 8.92. The molecule has 0 aliphatic carbocycles. The Bertz CT molecular complexity index is 541. The number of benzene rings is 1. The Morgan fingerprint density at radius 3 is 2.56 bits per heavy atom. The van der Waals surface area contributed by atoms with Crippen molar-refractivity contribution in [1.29, 1.82) is 0 Å². The molecule has 1 aromatic carbocycles. The van der Waals surface area contributed by atoms with Gasteiger partial charge in [-0.25, -0.2) is 0 Å². The summed E-state index contributed by atoms with van der Waals surface area (Å²) in [6.45, 7) is 1.93.